The van der Waals surface area contributed by atoms with Crippen molar-refractivity contribution in [2.24, 2.45) is 5.41 Å². The van der Waals surface area contributed by atoms with E-state index in [1.165, 1.54) is 30.3 Å². The third-order valence-corrected chi connectivity index (χ3v) is 5.03. The molecule has 2 nitrogen and oxygen atoms in total. The van der Waals surface area contributed by atoms with Gasteiger partial charge in [0.2, 0.25) is 0 Å². The molecule has 1 saturated heterocycles. The van der Waals surface area contributed by atoms with Gasteiger partial charge < -0.3 is 9.31 Å². The lowest BCUT2D eigenvalue weighted by molar-refractivity contribution is 0.00578. The summed E-state index contributed by atoms with van der Waals surface area (Å²) in [7, 11) is -0.162. The Bertz CT molecular complexity index is 364. The Labute approximate surface area is 112 Å². The fraction of sp³-hybridized carbons (Fsp3) is 0.867. The van der Waals surface area contributed by atoms with E-state index in [1.807, 2.05) is 0 Å². The molecule has 102 valence electrons. The molecule has 0 spiro atoms. The van der Waals surface area contributed by atoms with Gasteiger partial charge in [0.15, 0.2) is 0 Å². The first-order chi connectivity index (χ1) is 8.07. The standard InChI is InChI=1S/C15H27BO2/c1-11-9-8-10-13(2,3)12(11)16-17-14(4,5)15(6,7)18-16/h8-10H2,1-7H3. The minimum atomic E-state index is -0.238. The predicted octanol–water partition coefficient (Wildman–Crippen LogP) is 4.14. The lowest BCUT2D eigenvalue weighted by Crippen LogP contribution is -2.41. The topological polar surface area (TPSA) is 18.5 Å². The third kappa shape index (κ3) is 2.16. The lowest BCUT2D eigenvalue weighted by atomic mass is 9.58. The van der Waals surface area contributed by atoms with Gasteiger partial charge in [-0.1, -0.05) is 19.4 Å². The van der Waals surface area contributed by atoms with E-state index < -0.39 is 0 Å². The van der Waals surface area contributed by atoms with E-state index in [0.717, 1.165) is 0 Å². The van der Waals surface area contributed by atoms with Crippen LogP contribution in [0, 0.1) is 5.41 Å². The maximum absolute atomic E-state index is 6.23. The first-order valence-electron chi connectivity index (χ1n) is 7.13. The van der Waals surface area contributed by atoms with E-state index in [9.17, 15) is 0 Å². The van der Waals surface area contributed by atoms with Crippen molar-refractivity contribution < 1.29 is 9.31 Å². The summed E-state index contributed by atoms with van der Waals surface area (Å²) in [5, 5.41) is 0. The summed E-state index contributed by atoms with van der Waals surface area (Å²) in [6.07, 6.45) is 3.69. The van der Waals surface area contributed by atoms with Crippen LogP contribution in [0.1, 0.15) is 67.7 Å². The second-order valence-electron chi connectivity index (χ2n) is 7.52. The van der Waals surface area contributed by atoms with Crippen LogP contribution >= 0.6 is 0 Å². The summed E-state index contributed by atoms with van der Waals surface area (Å²) in [4.78, 5) is 0. The van der Waals surface area contributed by atoms with Crippen LogP contribution in [-0.2, 0) is 9.31 Å². The van der Waals surface area contributed by atoms with Gasteiger partial charge >= 0.3 is 7.12 Å². The molecule has 1 heterocycles. The molecule has 0 radical (unpaired) electrons. The minimum absolute atomic E-state index is 0.162. The van der Waals surface area contributed by atoms with Gasteiger partial charge in [-0.2, -0.15) is 0 Å². The van der Waals surface area contributed by atoms with E-state index >= 15 is 0 Å². The lowest BCUT2D eigenvalue weighted by Gasteiger charge is -2.35. The summed E-state index contributed by atoms with van der Waals surface area (Å²) in [6, 6.07) is 0. The van der Waals surface area contributed by atoms with Gasteiger partial charge in [0.1, 0.15) is 0 Å². The molecule has 0 aromatic rings. The highest BCUT2D eigenvalue weighted by Crippen LogP contribution is 2.47. The smallest absolute Gasteiger partial charge is 0.400 e. The molecule has 0 amide bonds. The summed E-state index contributed by atoms with van der Waals surface area (Å²) >= 11 is 0. The molecule has 0 aromatic carbocycles. The van der Waals surface area contributed by atoms with Crippen molar-refractivity contribution in [3.8, 4) is 0 Å². The highest BCUT2D eigenvalue weighted by molar-refractivity contribution is 6.55. The zero-order valence-electron chi connectivity index (χ0n) is 13.0. The number of hydrogen-bond acceptors (Lipinski definition) is 2. The molecule has 0 unspecified atom stereocenters. The molecule has 1 aliphatic carbocycles. The maximum atomic E-state index is 6.23. The van der Waals surface area contributed by atoms with Crippen LogP contribution in [0.15, 0.2) is 11.0 Å². The molecule has 1 fully saturated rings. The molecular weight excluding hydrogens is 223 g/mol. The average Bonchev–Trinajstić information content (AvgIpc) is 2.33. The molecule has 0 aromatic heterocycles. The highest BCUT2D eigenvalue weighted by Gasteiger charge is 2.54. The Kier molecular flexibility index (Phi) is 3.23. The van der Waals surface area contributed by atoms with Gasteiger partial charge in [-0.15, -0.1) is 0 Å². The van der Waals surface area contributed by atoms with Gasteiger partial charge in [0.25, 0.3) is 0 Å². The van der Waals surface area contributed by atoms with E-state index in [4.69, 9.17) is 9.31 Å². The molecule has 18 heavy (non-hydrogen) atoms. The van der Waals surface area contributed by atoms with Gasteiger partial charge in [-0.3, -0.25) is 0 Å². The van der Waals surface area contributed by atoms with Crippen LogP contribution in [0.2, 0.25) is 0 Å². The fourth-order valence-corrected chi connectivity index (χ4v) is 3.12. The van der Waals surface area contributed by atoms with Crippen LogP contribution in [-0.4, -0.2) is 18.3 Å². The van der Waals surface area contributed by atoms with Crippen molar-refractivity contribution in [2.45, 2.75) is 78.9 Å². The van der Waals surface area contributed by atoms with Gasteiger partial charge in [0, 0.05) is 0 Å². The van der Waals surface area contributed by atoms with E-state index in [0.29, 0.717) is 0 Å². The highest BCUT2D eigenvalue weighted by atomic mass is 16.7. The zero-order chi connectivity index (χ0) is 13.8. The number of allylic oxidation sites excluding steroid dienone is 2. The zero-order valence-corrected chi connectivity index (χ0v) is 13.0. The van der Waals surface area contributed by atoms with Crippen molar-refractivity contribution in [1.29, 1.82) is 0 Å². The molecule has 0 N–H and O–H groups in total. The van der Waals surface area contributed by atoms with E-state index in [2.05, 4.69) is 48.5 Å². The largest absolute Gasteiger partial charge is 0.491 e. The minimum Gasteiger partial charge on any atom is -0.400 e. The third-order valence-electron chi connectivity index (χ3n) is 5.03. The molecule has 2 aliphatic rings. The van der Waals surface area contributed by atoms with Crippen LogP contribution < -0.4 is 0 Å². The first-order valence-corrected chi connectivity index (χ1v) is 7.13. The Morgan fingerprint density at radius 3 is 1.89 bits per heavy atom. The molecule has 0 saturated carbocycles. The second-order valence-corrected chi connectivity index (χ2v) is 7.52. The van der Waals surface area contributed by atoms with Crippen molar-refractivity contribution in [1.82, 2.24) is 0 Å². The molecule has 1 aliphatic heterocycles. The summed E-state index contributed by atoms with van der Waals surface area (Å²) in [6.45, 7) is 15.4. The monoisotopic (exact) mass is 250 g/mol. The predicted molar refractivity (Wildman–Crippen MR) is 76.4 cm³/mol. The van der Waals surface area contributed by atoms with Crippen molar-refractivity contribution >= 4 is 7.12 Å². The Balaban J connectivity index is 2.34. The SMILES string of the molecule is CC1=C(B2OC(C)(C)C(C)(C)O2)C(C)(C)CCC1. The Hall–Kier alpha value is -0.275. The van der Waals surface area contributed by atoms with Gasteiger partial charge in [0.05, 0.1) is 11.2 Å². The molecule has 0 bridgehead atoms. The van der Waals surface area contributed by atoms with Gasteiger partial charge in [-0.25, -0.2) is 0 Å². The van der Waals surface area contributed by atoms with Crippen LogP contribution in [0.4, 0.5) is 0 Å². The first kappa shape index (κ1) is 14.1. The Morgan fingerprint density at radius 2 is 1.44 bits per heavy atom. The van der Waals surface area contributed by atoms with Crippen molar-refractivity contribution in [3.05, 3.63) is 11.0 Å². The normalized spacial score (nSPS) is 29.8. The summed E-state index contributed by atoms with van der Waals surface area (Å²) in [5.74, 6) is 0. The van der Waals surface area contributed by atoms with Gasteiger partial charge in [-0.05, 0) is 64.8 Å². The van der Waals surface area contributed by atoms with Crippen LogP contribution in [0.3, 0.4) is 0 Å². The number of rotatable bonds is 1. The molecule has 3 heteroatoms. The Morgan fingerprint density at radius 1 is 0.944 bits per heavy atom. The quantitative estimate of drug-likeness (QED) is 0.651. The summed E-state index contributed by atoms with van der Waals surface area (Å²) < 4.78 is 12.5. The van der Waals surface area contributed by atoms with Crippen LogP contribution in [0.25, 0.3) is 0 Å². The second kappa shape index (κ2) is 4.11. The fourth-order valence-electron chi connectivity index (χ4n) is 3.12. The molecule has 2 rings (SSSR count). The molecular formula is C15H27BO2. The van der Waals surface area contributed by atoms with Crippen LogP contribution in [0.5, 0.6) is 0 Å². The van der Waals surface area contributed by atoms with Crippen molar-refractivity contribution in [3.63, 3.8) is 0 Å². The molecule has 0 atom stereocenters. The number of hydrogen-bond donors (Lipinski definition) is 0. The van der Waals surface area contributed by atoms with Crippen molar-refractivity contribution in [2.75, 3.05) is 0 Å². The maximum Gasteiger partial charge on any atom is 0.491 e. The van der Waals surface area contributed by atoms with E-state index in [1.54, 1.807) is 0 Å². The van der Waals surface area contributed by atoms with E-state index in [-0.39, 0.29) is 23.7 Å². The average molecular weight is 250 g/mol. The summed E-state index contributed by atoms with van der Waals surface area (Å²) in [5.41, 5.74) is 2.57.